The molecule has 0 radical (unpaired) electrons. The molecule has 0 aliphatic heterocycles. The van der Waals surface area contributed by atoms with Crippen LogP contribution in [0.4, 0.5) is 0 Å². The summed E-state index contributed by atoms with van der Waals surface area (Å²) in [6.45, 7) is 2.14. The minimum absolute atomic E-state index is 0.685. The number of rotatable bonds is 4. The minimum Gasteiger partial charge on any atom is -0.400 e. The molecule has 0 unspecified atom stereocenters. The molecule has 0 bridgehead atoms. The van der Waals surface area contributed by atoms with Gasteiger partial charge in [0, 0.05) is 0 Å². The highest BCUT2D eigenvalue weighted by atomic mass is 35.5. The number of hydrogen-bond acceptors (Lipinski definition) is 2. The average Bonchev–Trinajstić information content (AvgIpc) is 2.43. The number of halogens is 1. The highest BCUT2D eigenvalue weighted by Crippen LogP contribution is 2.15. The van der Waals surface area contributed by atoms with Crippen LogP contribution in [0.5, 0.6) is 0 Å². The predicted octanol–water partition coefficient (Wildman–Crippen LogP) is 1.94. The molecule has 68 valence electrons. The summed E-state index contributed by atoms with van der Waals surface area (Å²) in [4.78, 5) is 6.26. The summed E-state index contributed by atoms with van der Waals surface area (Å²) in [7, 11) is 1.56. The van der Waals surface area contributed by atoms with Crippen molar-refractivity contribution in [3.05, 3.63) is 16.9 Å². The first-order valence-electron chi connectivity index (χ1n) is 4.06. The molecular weight excluding hydrogens is 176 g/mol. The Morgan fingerprint density at radius 2 is 2.42 bits per heavy atom. The van der Waals surface area contributed by atoms with Crippen LogP contribution in [0.2, 0.25) is 5.02 Å². The van der Waals surface area contributed by atoms with Crippen molar-refractivity contribution in [1.82, 2.24) is 9.94 Å². The molecule has 0 saturated heterocycles. The normalized spacial score (nSPS) is 10.2. The first-order valence-corrected chi connectivity index (χ1v) is 4.44. The van der Waals surface area contributed by atoms with Gasteiger partial charge >= 0.3 is 0 Å². The molecule has 3 nitrogen and oxygen atoms in total. The summed E-state index contributed by atoms with van der Waals surface area (Å²) < 4.78 is 0. The maximum Gasteiger partial charge on any atom is 0.106 e. The molecule has 0 N–H and O–H groups in total. The van der Waals surface area contributed by atoms with Gasteiger partial charge in [0.15, 0.2) is 0 Å². The second-order valence-corrected chi connectivity index (χ2v) is 3.02. The third-order valence-electron chi connectivity index (χ3n) is 1.67. The van der Waals surface area contributed by atoms with E-state index in [1.807, 2.05) is 0 Å². The molecule has 0 fully saturated rings. The van der Waals surface area contributed by atoms with Gasteiger partial charge in [0.05, 0.1) is 16.9 Å². The van der Waals surface area contributed by atoms with Crippen molar-refractivity contribution in [2.24, 2.45) is 0 Å². The fourth-order valence-corrected chi connectivity index (χ4v) is 1.19. The van der Waals surface area contributed by atoms with E-state index in [0.717, 1.165) is 25.0 Å². The van der Waals surface area contributed by atoms with Crippen molar-refractivity contribution < 1.29 is 4.84 Å². The largest absolute Gasteiger partial charge is 0.400 e. The lowest BCUT2D eigenvalue weighted by Crippen LogP contribution is -2.06. The molecule has 0 atom stereocenters. The molecule has 0 aliphatic rings. The molecule has 1 aromatic rings. The van der Waals surface area contributed by atoms with Gasteiger partial charge in [0.25, 0.3) is 0 Å². The molecule has 1 heterocycles. The fraction of sp³-hybridized carbons (Fsp3) is 0.625. The second kappa shape index (κ2) is 4.36. The smallest absolute Gasteiger partial charge is 0.106 e. The molecule has 0 saturated carbocycles. The first kappa shape index (κ1) is 9.39. The lowest BCUT2D eigenvalue weighted by atomic mass is 10.2. The van der Waals surface area contributed by atoms with Crippen LogP contribution in [0.3, 0.4) is 0 Å². The number of aromatic nitrogens is 2. The summed E-state index contributed by atoms with van der Waals surface area (Å²) in [5, 5.41) is 4.81. The predicted molar refractivity (Wildman–Crippen MR) is 48.4 cm³/mol. The summed E-state index contributed by atoms with van der Waals surface area (Å²) in [6, 6.07) is 0. The number of aryl methyl sites for hydroxylation is 1. The number of hydrogen-bond donors (Lipinski definition) is 0. The van der Waals surface area contributed by atoms with Gasteiger partial charge in [-0.15, -0.1) is 9.94 Å². The second-order valence-electron chi connectivity index (χ2n) is 2.61. The monoisotopic (exact) mass is 188 g/mol. The third kappa shape index (κ3) is 2.14. The van der Waals surface area contributed by atoms with Crippen LogP contribution in [0.1, 0.15) is 25.5 Å². The first-order chi connectivity index (χ1) is 5.77. The fourth-order valence-electron chi connectivity index (χ4n) is 0.974. The minimum atomic E-state index is 0.685. The summed E-state index contributed by atoms with van der Waals surface area (Å²) >= 11 is 5.90. The van der Waals surface area contributed by atoms with Gasteiger partial charge in [-0.3, -0.25) is 0 Å². The zero-order valence-electron chi connectivity index (χ0n) is 7.38. The van der Waals surface area contributed by atoms with Crippen LogP contribution in [-0.4, -0.2) is 17.1 Å². The maximum atomic E-state index is 5.90. The number of nitrogens with zero attached hydrogens (tertiary/aromatic N) is 2. The van der Waals surface area contributed by atoms with E-state index in [4.69, 9.17) is 16.4 Å². The SMILES string of the molecule is CCCCc1nn(OC)cc1Cl. The third-order valence-corrected chi connectivity index (χ3v) is 1.99. The zero-order chi connectivity index (χ0) is 8.97. The molecule has 1 aromatic heterocycles. The van der Waals surface area contributed by atoms with E-state index in [1.54, 1.807) is 13.3 Å². The van der Waals surface area contributed by atoms with Gasteiger partial charge in [-0.25, -0.2) is 0 Å². The van der Waals surface area contributed by atoms with Crippen LogP contribution in [-0.2, 0) is 6.42 Å². The summed E-state index contributed by atoms with van der Waals surface area (Å²) in [5.74, 6) is 0. The van der Waals surface area contributed by atoms with Gasteiger partial charge in [0.2, 0.25) is 0 Å². The molecule has 0 amide bonds. The van der Waals surface area contributed by atoms with Crippen molar-refractivity contribution in [3.8, 4) is 0 Å². The van der Waals surface area contributed by atoms with Gasteiger partial charge in [-0.1, -0.05) is 24.9 Å². The van der Waals surface area contributed by atoms with Crippen molar-refractivity contribution in [1.29, 1.82) is 0 Å². The zero-order valence-corrected chi connectivity index (χ0v) is 8.14. The molecular formula is C8H13ClN2O. The molecule has 4 heteroatoms. The van der Waals surface area contributed by atoms with Crippen molar-refractivity contribution in [3.63, 3.8) is 0 Å². The molecule has 0 spiro atoms. The Morgan fingerprint density at radius 1 is 1.67 bits per heavy atom. The van der Waals surface area contributed by atoms with E-state index in [0.29, 0.717) is 5.02 Å². The van der Waals surface area contributed by atoms with Crippen molar-refractivity contribution in [2.75, 3.05) is 7.11 Å². The maximum absolute atomic E-state index is 5.90. The Bertz CT molecular complexity index is 247. The van der Waals surface area contributed by atoms with E-state index >= 15 is 0 Å². The molecule has 0 aromatic carbocycles. The Hall–Kier alpha value is -0.700. The lowest BCUT2D eigenvalue weighted by molar-refractivity contribution is 0.133. The molecule has 0 aliphatic carbocycles. The molecule has 1 rings (SSSR count). The van der Waals surface area contributed by atoms with E-state index in [2.05, 4.69) is 12.0 Å². The lowest BCUT2D eigenvalue weighted by Gasteiger charge is -1.95. The van der Waals surface area contributed by atoms with E-state index in [9.17, 15) is 0 Å². The quantitative estimate of drug-likeness (QED) is 0.722. The Kier molecular flexibility index (Phi) is 3.41. The van der Waals surface area contributed by atoms with Crippen LogP contribution in [0, 0.1) is 0 Å². The van der Waals surface area contributed by atoms with E-state index in [-0.39, 0.29) is 0 Å². The van der Waals surface area contributed by atoms with Gasteiger partial charge in [-0.05, 0) is 12.8 Å². The van der Waals surface area contributed by atoms with E-state index < -0.39 is 0 Å². The highest BCUT2D eigenvalue weighted by molar-refractivity contribution is 6.31. The Morgan fingerprint density at radius 3 is 2.92 bits per heavy atom. The van der Waals surface area contributed by atoms with Gasteiger partial charge < -0.3 is 4.84 Å². The van der Waals surface area contributed by atoms with Crippen LogP contribution in [0.25, 0.3) is 0 Å². The highest BCUT2D eigenvalue weighted by Gasteiger charge is 2.05. The molecule has 12 heavy (non-hydrogen) atoms. The Balaban J connectivity index is 2.64. The summed E-state index contributed by atoms with van der Waals surface area (Å²) in [6.07, 6.45) is 4.86. The average molecular weight is 189 g/mol. The topological polar surface area (TPSA) is 27.1 Å². The Labute approximate surface area is 77.2 Å². The van der Waals surface area contributed by atoms with Crippen LogP contribution in [0.15, 0.2) is 6.20 Å². The van der Waals surface area contributed by atoms with Crippen molar-refractivity contribution >= 4 is 11.6 Å². The van der Waals surface area contributed by atoms with E-state index in [1.165, 1.54) is 4.85 Å². The standard InChI is InChI=1S/C8H13ClN2O/c1-3-4-5-8-7(9)6-11(10-8)12-2/h6H,3-5H2,1-2H3. The van der Waals surface area contributed by atoms with Gasteiger partial charge in [-0.2, -0.15) is 0 Å². The summed E-state index contributed by atoms with van der Waals surface area (Å²) in [5.41, 5.74) is 0.917. The van der Waals surface area contributed by atoms with Crippen LogP contribution < -0.4 is 4.84 Å². The van der Waals surface area contributed by atoms with Gasteiger partial charge in [0.1, 0.15) is 7.11 Å². The van der Waals surface area contributed by atoms with Crippen molar-refractivity contribution in [2.45, 2.75) is 26.2 Å². The van der Waals surface area contributed by atoms with Crippen LogP contribution >= 0.6 is 11.6 Å². The number of unbranched alkanes of at least 4 members (excludes halogenated alkanes) is 1.